The molecule has 0 aliphatic carbocycles. The molecule has 1 N–H and O–H groups in total. The van der Waals surface area contributed by atoms with Gasteiger partial charge in [0.2, 0.25) is 5.75 Å². The van der Waals surface area contributed by atoms with Crippen LogP contribution in [-0.2, 0) is 4.74 Å². The van der Waals surface area contributed by atoms with E-state index in [1.165, 1.54) is 21.3 Å². The van der Waals surface area contributed by atoms with Crippen LogP contribution in [-0.4, -0.2) is 39.7 Å². The second kappa shape index (κ2) is 7.98. The number of benzene rings is 1. The molecule has 1 rings (SSSR count). The van der Waals surface area contributed by atoms with Gasteiger partial charge in [0.25, 0.3) is 0 Å². The number of hydrazone groups is 1. The summed E-state index contributed by atoms with van der Waals surface area (Å²) in [7, 11) is 4.60. The van der Waals surface area contributed by atoms with Crippen LogP contribution in [0, 0.1) is 0 Å². The molecule has 0 saturated carbocycles. The molecule has 1 amide bonds. The molecule has 0 bridgehead atoms. The Hall–Kier alpha value is -2.44. The molecule has 0 aliphatic rings. The first-order chi connectivity index (χ1) is 10.1. The number of nitrogens with one attached hydrogen (secondary N) is 1. The van der Waals surface area contributed by atoms with Crippen molar-refractivity contribution in [2.45, 2.75) is 13.8 Å². The number of amides is 1. The highest BCUT2D eigenvalue weighted by atomic mass is 16.6. The third kappa shape index (κ3) is 4.27. The summed E-state index contributed by atoms with van der Waals surface area (Å²) < 4.78 is 20.5. The van der Waals surface area contributed by atoms with Crippen LogP contribution in [0.25, 0.3) is 0 Å². The number of carbonyl (C=O) groups excluding carboxylic acids is 1. The minimum Gasteiger partial charge on any atom is -0.493 e. The van der Waals surface area contributed by atoms with E-state index in [-0.39, 0.29) is 6.61 Å². The number of carbonyl (C=O) groups is 1. The van der Waals surface area contributed by atoms with E-state index in [2.05, 4.69) is 10.5 Å². The van der Waals surface area contributed by atoms with E-state index in [0.717, 1.165) is 5.56 Å². The first kappa shape index (κ1) is 16.6. The van der Waals surface area contributed by atoms with Gasteiger partial charge in [-0.1, -0.05) is 0 Å². The van der Waals surface area contributed by atoms with Crippen molar-refractivity contribution in [3.8, 4) is 17.2 Å². The van der Waals surface area contributed by atoms with Crippen LogP contribution in [0.3, 0.4) is 0 Å². The van der Waals surface area contributed by atoms with Gasteiger partial charge in [0, 0.05) is 5.56 Å². The van der Waals surface area contributed by atoms with Crippen molar-refractivity contribution in [2.75, 3.05) is 27.9 Å². The van der Waals surface area contributed by atoms with E-state index in [1.807, 2.05) is 0 Å². The van der Waals surface area contributed by atoms with E-state index in [4.69, 9.17) is 18.9 Å². The fourth-order valence-corrected chi connectivity index (χ4v) is 1.65. The maximum absolute atomic E-state index is 11.2. The van der Waals surface area contributed by atoms with E-state index in [0.29, 0.717) is 23.0 Å². The Kier molecular flexibility index (Phi) is 6.32. The lowest BCUT2D eigenvalue weighted by atomic mass is 10.1. The fourth-order valence-electron chi connectivity index (χ4n) is 1.65. The summed E-state index contributed by atoms with van der Waals surface area (Å²) in [6.45, 7) is 3.74. The van der Waals surface area contributed by atoms with Crippen LogP contribution in [0.1, 0.15) is 19.4 Å². The van der Waals surface area contributed by atoms with Crippen LogP contribution in [0.2, 0.25) is 0 Å². The molecule has 0 unspecified atom stereocenters. The zero-order valence-electron chi connectivity index (χ0n) is 12.9. The predicted molar refractivity (Wildman–Crippen MR) is 78.5 cm³/mol. The average Bonchev–Trinajstić information content (AvgIpc) is 2.51. The summed E-state index contributed by atoms with van der Waals surface area (Å²) in [4.78, 5) is 11.2. The third-order valence-electron chi connectivity index (χ3n) is 2.67. The molecule has 1 aromatic carbocycles. The fraction of sp³-hybridized carbons (Fsp3) is 0.429. The highest BCUT2D eigenvalue weighted by Gasteiger charge is 2.14. The lowest BCUT2D eigenvalue weighted by molar-refractivity contribution is 0.152. The number of rotatable bonds is 6. The van der Waals surface area contributed by atoms with Crippen LogP contribution in [0.4, 0.5) is 4.79 Å². The summed E-state index contributed by atoms with van der Waals surface area (Å²) in [5.74, 6) is 1.52. The molecule has 1 aromatic rings. The topological polar surface area (TPSA) is 78.4 Å². The average molecular weight is 296 g/mol. The number of hydrogen-bond acceptors (Lipinski definition) is 6. The van der Waals surface area contributed by atoms with Gasteiger partial charge in [-0.15, -0.1) is 0 Å². The molecular formula is C14H20N2O5. The van der Waals surface area contributed by atoms with Gasteiger partial charge >= 0.3 is 6.09 Å². The SMILES string of the molecule is CCOC(=O)NN=C(C)c1cc(OC)c(OC)c(OC)c1. The minimum absolute atomic E-state index is 0.282. The van der Waals surface area contributed by atoms with Crippen molar-refractivity contribution in [2.24, 2.45) is 5.10 Å². The van der Waals surface area contributed by atoms with Gasteiger partial charge in [-0.3, -0.25) is 0 Å². The Labute approximate surface area is 123 Å². The Balaban J connectivity index is 3.07. The van der Waals surface area contributed by atoms with Crippen LogP contribution < -0.4 is 19.6 Å². The summed E-state index contributed by atoms with van der Waals surface area (Å²) in [5.41, 5.74) is 3.59. The largest absolute Gasteiger partial charge is 0.493 e. The molecule has 21 heavy (non-hydrogen) atoms. The molecule has 0 aliphatic heterocycles. The van der Waals surface area contributed by atoms with Gasteiger partial charge in [-0.05, 0) is 26.0 Å². The Morgan fingerprint density at radius 2 is 1.71 bits per heavy atom. The molecular weight excluding hydrogens is 276 g/mol. The molecule has 0 heterocycles. The second-order valence-corrected chi connectivity index (χ2v) is 3.94. The Bertz CT molecular complexity index is 503. The van der Waals surface area contributed by atoms with E-state index in [9.17, 15) is 4.79 Å². The van der Waals surface area contributed by atoms with Gasteiger partial charge in [0.15, 0.2) is 11.5 Å². The van der Waals surface area contributed by atoms with Crippen molar-refractivity contribution in [3.63, 3.8) is 0 Å². The lowest BCUT2D eigenvalue weighted by Crippen LogP contribution is -2.20. The molecule has 7 heteroatoms. The molecule has 0 atom stereocenters. The normalized spacial score (nSPS) is 10.8. The second-order valence-electron chi connectivity index (χ2n) is 3.94. The first-order valence-corrected chi connectivity index (χ1v) is 6.34. The van der Waals surface area contributed by atoms with Crippen molar-refractivity contribution >= 4 is 11.8 Å². The van der Waals surface area contributed by atoms with Crippen molar-refractivity contribution in [1.29, 1.82) is 0 Å². The quantitative estimate of drug-likeness (QED) is 0.643. The predicted octanol–water partition coefficient (Wildman–Crippen LogP) is 2.18. The van der Waals surface area contributed by atoms with Gasteiger partial charge in [0.1, 0.15) is 0 Å². The number of hydrogen-bond donors (Lipinski definition) is 1. The summed E-state index contributed by atoms with van der Waals surface area (Å²) >= 11 is 0. The monoisotopic (exact) mass is 296 g/mol. The zero-order chi connectivity index (χ0) is 15.8. The van der Waals surface area contributed by atoms with E-state index in [1.54, 1.807) is 26.0 Å². The van der Waals surface area contributed by atoms with Crippen molar-refractivity contribution < 1.29 is 23.7 Å². The molecule has 0 radical (unpaired) electrons. The number of methoxy groups -OCH3 is 3. The summed E-state index contributed by atoms with van der Waals surface area (Å²) in [5, 5.41) is 3.96. The molecule has 0 spiro atoms. The van der Waals surface area contributed by atoms with Gasteiger partial charge in [-0.2, -0.15) is 5.10 Å². The highest BCUT2D eigenvalue weighted by molar-refractivity contribution is 6.00. The molecule has 0 aromatic heterocycles. The standard InChI is InChI=1S/C14H20N2O5/c1-6-21-14(17)16-15-9(2)10-7-11(18-3)13(20-5)12(8-10)19-4/h7-8H,6H2,1-5H3,(H,16,17). The smallest absolute Gasteiger partial charge is 0.427 e. The Morgan fingerprint density at radius 3 is 2.14 bits per heavy atom. The summed E-state index contributed by atoms with van der Waals surface area (Å²) in [6.07, 6.45) is -0.607. The zero-order valence-corrected chi connectivity index (χ0v) is 12.9. The van der Waals surface area contributed by atoms with Crippen molar-refractivity contribution in [1.82, 2.24) is 5.43 Å². The van der Waals surface area contributed by atoms with Gasteiger partial charge < -0.3 is 18.9 Å². The number of ether oxygens (including phenoxy) is 4. The van der Waals surface area contributed by atoms with Gasteiger partial charge in [-0.25, -0.2) is 10.2 Å². The van der Waals surface area contributed by atoms with Crippen LogP contribution in [0.15, 0.2) is 17.2 Å². The highest BCUT2D eigenvalue weighted by Crippen LogP contribution is 2.38. The summed E-state index contributed by atoms with van der Waals surface area (Å²) in [6, 6.07) is 3.49. The van der Waals surface area contributed by atoms with Crippen LogP contribution >= 0.6 is 0 Å². The Morgan fingerprint density at radius 1 is 1.14 bits per heavy atom. The molecule has 7 nitrogen and oxygen atoms in total. The molecule has 116 valence electrons. The lowest BCUT2D eigenvalue weighted by Gasteiger charge is -2.14. The third-order valence-corrected chi connectivity index (χ3v) is 2.67. The maximum atomic E-state index is 11.2. The van der Waals surface area contributed by atoms with E-state index < -0.39 is 6.09 Å². The minimum atomic E-state index is -0.607. The van der Waals surface area contributed by atoms with Gasteiger partial charge in [0.05, 0.1) is 33.6 Å². The molecule has 0 fully saturated rings. The van der Waals surface area contributed by atoms with Crippen LogP contribution in [0.5, 0.6) is 17.2 Å². The molecule has 0 saturated heterocycles. The number of nitrogens with zero attached hydrogens (tertiary/aromatic N) is 1. The maximum Gasteiger partial charge on any atom is 0.427 e. The van der Waals surface area contributed by atoms with Crippen molar-refractivity contribution in [3.05, 3.63) is 17.7 Å². The first-order valence-electron chi connectivity index (χ1n) is 6.34. The van der Waals surface area contributed by atoms with E-state index >= 15 is 0 Å².